The average molecular weight is 446 g/mol. The first-order valence-corrected chi connectivity index (χ1v) is 10.3. The molecule has 2 aromatic carbocycles. The number of carbonyl (C=O) groups excluding carboxylic acids is 1. The fourth-order valence-electron chi connectivity index (χ4n) is 3.72. The number of fused-ring (bicyclic) bond motifs is 4. The molecule has 3 aliphatic rings. The zero-order valence-electron chi connectivity index (χ0n) is 14.4. The summed E-state index contributed by atoms with van der Waals surface area (Å²) in [6.07, 6.45) is 0.738. The number of nitrogens with one attached hydrogen (secondary N) is 1. The molecular weight excluding hydrogens is 430 g/mol. The molecule has 2 atom stereocenters. The van der Waals surface area contributed by atoms with Crippen molar-refractivity contribution in [3.05, 3.63) is 58.1 Å². The third-order valence-electron chi connectivity index (χ3n) is 5.01. The monoisotopic (exact) mass is 445 g/mol. The zero-order valence-corrected chi connectivity index (χ0v) is 16.8. The van der Waals surface area contributed by atoms with E-state index in [0.717, 1.165) is 39.2 Å². The summed E-state index contributed by atoms with van der Waals surface area (Å²) in [6.45, 7) is 0. The maximum absolute atomic E-state index is 12.0. The summed E-state index contributed by atoms with van der Waals surface area (Å²) < 4.78 is 12.5. The number of benzene rings is 2. The largest absolute Gasteiger partial charge is 0.497 e. The average Bonchev–Trinajstić information content (AvgIpc) is 3.28. The minimum Gasteiger partial charge on any atom is -0.497 e. The van der Waals surface area contributed by atoms with Gasteiger partial charge in [0.15, 0.2) is 0 Å². The Morgan fingerprint density at radius 1 is 1.33 bits per heavy atom. The summed E-state index contributed by atoms with van der Waals surface area (Å²) in [5.41, 5.74) is 3.06. The predicted octanol–water partition coefficient (Wildman–Crippen LogP) is 4.11. The van der Waals surface area contributed by atoms with Crippen LogP contribution < -0.4 is 14.8 Å². The number of halogens is 1. The first kappa shape index (κ1) is 16.9. The summed E-state index contributed by atoms with van der Waals surface area (Å²) >= 11 is 4.77. The van der Waals surface area contributed by atoms with Crippen molar-refractivity contribution in [1.29, 1.82) is 0 Å². The Labute approximate surface area is 169 Å². The summed E-state index contributed by atoms with van der Waals surface area (Å²) in [4.78, 5) is 12.0. The Kier molecular flexibility index (Phi) is 3.87. The molecule has 3 aliphatic heterocycles. The van der Waals surface area contributed by atoms with Crippen LogP contribution in [0.3, 0.4) is 0 Å². The van der Waals surface area contributed by atoms with Crippen LogP contribution in [0.15, 0.2) is 52.0 Å². The van der Waals surface area contributed by atoms with E-state index in [1.165, 1.54) is 11.8 Å². The fourth-order valence-corrected chi connectivity index (χ4v) is 4.92. The van der Waals surface area contributed by atoms with Gasteiger partial charge in [-0.3, -0.25) is 10.1 Å². The van der Waals surface area contributed by atoms with Crippen molar-refractivity contribution in [1.82, 2.24) is 10.3 Å². The molecule has 0 aliphatic carbocycles. The van der Waals surface area contributed by atoms with E-state index in [9.17, 15) is 4.79 Å². The highest BCUT2D eigenvalue weighted by Crippen LogP contribution is 2.49. The third kappa shape index (κ3) is 2.70. The molecule has 27 heavy (non-hydrogen) atoms. The van der Waals surface area contributed by atoms with Crippen molar-refractivity contribution in [3.63, 3.8) is 0 Å². The standard InChI is InChI=1S/C19H16BrN3O3S/c1-25-13-5-2-11(3-6-13)15-9-16-14-8-12(20)4-7-17(14)26-19(23(16)22-15)10-27-18(24)21-19/h2-8,16H,9-10H2,1H3,(H,21,24)/t16-,19+/m0/s1. The minimum absolute atomic E-state index is 0.00218. The van der Waals surface area contributed by atoms with Crippen molar-refractivity contribution in [2.75, 3.05) is 12.9 Å². The number of amides is 1. The predicted molar refractivity (Wildman–Crippen MR) is 107 cm³/mol. The highest BCUT2D eigenvalue weighted by atomic mass is 79.9. The van der Waals surface area contributed by atoms with Gasteiger partial charge in [-0.2, -0.15) is 5.10 Å². The Morgan fingerprint density at radius 3 is 2.85 bits per heavy atom. The molecule has 6 nitrogen and oxygen atoms in total. The lowest BCUT2D eigenvalue weighted by atomic mass is 9.96. The van der Waals surface area contributed by atoms with Gasteiger partial charge in [0.2, 0.25) is 0 Å². The molecule has 3 heterocycles. The lowest BCUT2D eigenvalue weighted by molar-refractivity contribution is -0.111. The maximum Gasteiger partial charge on any atom is 0.289 e. The molecule has 1 fully saturated rings. The molecule has 8 heteroatoms. The number of hydrazone groups is 1. The highest BCUT2D eigenvalue weighted by molar-refractivity contribution is 9.10. The minimum atomic E-state index is -0.943. The SMILES string of the molecule is COc1ccc(C2=NN3[C@@H](C2)c2cc(Br)ccc2O[C@@]32CSC(=O)N2)cc1. The van der Waals surface area contributed by atoms with E-state index in [4.69, 9.17) is 14.6 Å². The van der Waals surface area contributed by atoms with Gasteiger partial charge in [-0.15, -0.1) is 0 Å². The number of carbonyl (C=O) groups is 1. The summed E-state index contributed by atoms with van der Waals surface area (Å²) in [7, 11) is 1.65. The first-order chi connectivity index (χ1) is 13.1. The normalized spacial score (nSPS) is 25.6. The van der Waals surface area contributed by atoms with Crippen molar-refractivity contribution < 1.29 is 14.3 Å². The number of hydrogen-bond donors (Lipinski definition) is 1. The van der Waals surface area contributed by atoms with Crippen molar-refractivity contribution in [2.24, 2.45) is 5.10 Å². The van der Waals surface area contributed by atoms with Gasteiger partial charge in [0, 0.05) is 16.5 Å². The topological polar surface area (TPSA) is 63.2 Å². The number of methoxy groups -OCH3 is 1. The molecule has 0 bridgehead atoms. The Bertz CT molecular complexity index is 965. The number of rotatable bonds is 2. The number of hydrogen-bond acceptors (Lipinski definition) is 6. The second-order valence-corrected chi connectivity index (χ2v) is 8.47. The van der Waals surface area contributed by atoms with Gasteiger partial charge in [0.1, 0.15) is 11.5 Å². The molecule has 0 radical (unpaired) electrons. The van der Waals surface area contributed by atoms with Crippen LogP contribution in [0.1, 0.15) is 23.6 Å². The molecule has 1 saturated heterocycles. The second kappa shape index (κ2) is 6.17. The quantitative estimate of drug-likeness (QED) is 0.753. The number of nitrogens with zero attached hydrogens (tertiary/aromatic N) is 2. The Hall–Kier alpha value is -2.19. The van der Waals surface area contributed by atoms with E-state index in [0.29, 0.717) is 5.75 Å². The van der Waals surface area contributed by atoms with Crippen LogP contribution in [0.25, 0.3) is 0 Å². The first-order valence-electron chi connectivity index (χ1n) is 8.53. The van der Waals surface area contributed by atoms with Crippen LogP contribution in [0.5, 0.6) is 11.5 Å². The van der Waals surface area contributed by atoms with Crippen LogP contribution in [-0.2, 0) is 0 Å². The van der Waals surface area contributed by atoms with Crippen LogP contribution >= 0.6 is 27.7 Å². The Balaban J connectivity index is 1.58. The van der Waals surface area contributed by atoms with E-state index in [-0.39, 0.29) is 11.3 Å². The van der Waals surface area contributed by atoms with E-state index in [1.807, 2.05) is 41.4 Å². The van der Waals surface area contributed by atoms with Crippen molar-refractivity contribution >= 4 is 38.6 Å². The molecule has 138 valence electrons. The van der Waals surface area contributed by atoms with Gasteiger partial charge in [-0.1, -0.05) is 27.7 Å². The van der Waals surface area contributed by atoms with E-state index in [1.54, 1.807) is 7.11 Å². The molecule has 1 spiro atoms. The van der Waals surface area contributed by atoms with E-state index >= 15 is 0 Å². The summed E-state index contributed by atoms with van der Waals surface area (Å²) in [6, 6.07) is 13.8. The van der Waals surface area contributed by atoms with Crippen molar-refractivity contribution in [2.45, 2.75) is 18.3 Å². The van der Waals surface area contributed by atoms with Gasteiger partial charge in [-0.25, -0.2) is 5.01 Å². The van der Waals surface area contributed by atoms with Gasteiger partial charge in [0.25, 0.3) is 11.1 Å². The molecule has 0 unspecified atom stereocenters. The van der Waals surface area contributed by atoms with Gasteiger partial charge in [-0.05, 0) is 48.0 Å². The van der Waals surface area contributed by atoms with Crippen LogP contribution in [-0.4, -0.2) is 34.7 Å². The molecule has 2 aromatic rings. The number of thioether (sulfide) groups is 1. The highest BCUT2D eigenvalue weighted by Gasteiger charge is 2.55. The van der Waals surface area contributed by atoms with Crippen LogP contribution in [0.2, 0.25) is 0 Å². The maximum atomic E-state index is 12.0. The lowest BCUT2D eigenvalue weighted by Gasteiger charge is -2.44. The van der Waals surface area contributed by atoms with Crippen LogP contribution in [0, 0.1) is 0 Å². The van der Waals surface area contributed by atoms with E-state index in [2.05, 4.69) is 27.3 Å². The molecular formula is C19H16BrN3O3S. The zero-order chi connectivity index (χ0) is 18.6. The Morgan fingerprint density at radius 2 is 2.15 bits per heavy atom. The van der Waals surface area contributed by atoms with Crippen molar-refractivity contribution in [3.8, 4) is 11.5 Å². The van der Waals surface area contributed by atoms with Gasteiger partial charge < -0.3 is 9.47 Å². The van der Waals surface area contributed by atoms with Crippen LogP contribution in [0.4, 0.5) is 4.79 Å². The van der Waals surface area contributed by atoms with E-state index < -0.39 is 5.85 Å². The molecule has 1 N–H and O–H groups in total. The van der Waals surface area contributed by atoms with Gasteiger partial charge >= 0.3 is 0 Å². The fraction of sp³-hybridized carbons (Fsp3) is 0.263. The van der Waals surface area contributed by atoms with Gasteiger partial charge in [0.05, 0.1) is 24.6 Å². The molecule has 0 saturated carbocycles. The number of ether oxygens (including phenoxy) is 2. The molecule has 0 aromatic heterocycles. The smallest absolute Gasteiger partial charge is 0.289 e. The molecule has 1 amide bonds. The molecule has 5 rings (SSSR count). The summed E-state index contributed by atoms with van der Waals surface area (Å²) in [5, 5.41) is 9.67. The third-order valence-corrected chi connectivity index (χ3v) is 6.40. The summed E-state index contributed by atoms with van der Waals surface area (Å²) in [5.74, 6) is 1.13. The second-order valence-electron chi connectivity index (χ2n) is 6.61. The lowest BCUT2D eigenvalue weighted by Crippen LogP contribution is -2.62.